The second-order valence-electron chi connectivity index (χ2n) is 3.21. The number of nitrogens with zero attached hydrogens (tertiary/aromatic N) is 2. The first kappa shape index (κ1) is 12.4. The van der Waals surface area contributed by atoms with Crippen molar-refractivity contribution in [2.75, 3.05) is 0 Å². The third-order valence-electron chi connectivity index (χ3n) is 1.81. The molecule has 9 heteroatoms. The molecule has 5 nitrogen and oxygen atoms in total. The SMILES string of the molecule is NC(N)=Nc1nc2ccc(OC(F)(F)F)cc2s1. The van der Waals surface area contributed by atoms with Gasteiger partial charge < -0.3 is 16.2 Å². The van der Waals surface area contributed by atoms with E-state index in [1.165, 1.54) is 18.2 Å². The van der Waals surface area contributed by atoms with Crippen molar-refractivity contribution in [3.05, 3.63) is 18.2 Å². The zero-order valence-corrected chi connectivity index (χ0v) is 9.55. The molecule has 0 atom stereocenters. The lowest BCUT2D eigenvalue weighted by Crippen LogP contribution is -2.21. The number of benzene rings is 1. The van der Waals surface area contributed by atoms with Crippen molar-refractivity contribution in [2.24, 2.45) is 16.5 Å². The second kappa shape index (κ2) is 4.33. The Hall–Kier alpha value is -2.03. The predicted molar refractivity (Wildman–Crippen MR) is 61.8 cm³/mol. The number of hydrogen-bond donors (Lipinski definition) is 2. The first-order valence-corrected chi connectivity index (χ1v) is 5.41. The molecule has 0 unspecified atom stereocenters. The number of rotatable bonds is 2. The number of halogens is 3. The van der Waals surface area contributed by atoms with Gasteiger partial charge in [0.05, 0.1) is 10.2 Å². The van der Waals surface area contributed by atoms with Gasteiger partial charge in [-0.3, -0.25) is 0 Å². The van der Waals surface area contributed by atoms with E-state index in [1.54, 1.807) is 0 Å². The summed E-state index contributed by atoms with van der Waals surface area (Å²) >= 11 is 1.06. The van der Waals surface area contributed by atoms with Crippen LogP contribution in [0.25, 0.3) is 10.2 Å². The summed E-state index contributed by atoms with van der Waals surface area (Å²) in [5.74, 6) is -0.476. The molecule has 0 spiro atoms. The van der Waals surface area contributed by atoms with Crippen LogP contribution in [0.15, 0.2) is 23.2 Å². The first-order chi connectivity index (χ1) is 8.33. The number of thiazole rings is 1. The van der Waals surface area contributed by atoms with Crippen molar-refractivity contribution >= 4 is 32.6 Å². The zero-order chi connectivity index (χ0) is 13.3. The molecule has 4 N–H and O–H groups in total. The van der Waals surface area contributed by atoms with Gasteiger partial charge in [-0.25, -0.2) is 4.98 Å². The maximum atomic E-state index is 12.0. The summed E-state index contributed by atoms with van der Waals surface area (Å²) in [6.07, 6.45) is -4.72. The molecule has 0 aliphatic rings. The van der Waals surface area contributed by atoms with E-state index in [1.807, 2.05) is 0 Å². The van der Waals surface area contributed by atoms with Crippen LogP contribution in [0.4, 0.5) is 18.3 Å². The number of aliphatic imine (C=N–C) groups is 1. The molecule has 0 radical (unpaired) electrons. The van der Waals surface area contributed by atoms with Crippen molar-refractivity contribution in [1.82, 2.24) is 4.98 Å². The molecule has 0 bridgehead atoms. The number of ether oxygens (including phenoxy) is 1. The van der Waals surface area contributed by atoms with Crippen molar-refractivity contribution in [3.8, 4) is 5.75 Å². The van der Waals surface area contributed by atoms with Crippen molar-refractivity contribution in [2.45, 2.75) is 6.36 Å². The Morgan fingerprint density at radius 1 is 1.33 bits per heavy atom. The molecule has 2 aromatic rings. The number of alkyl halides is 3. The summed E-state index contributed by atoms with van der Waals surface area (Å²) in [5, 5.41) is 0.272. The Kier molecular flexibility index (Phi) is 2.99. The van der Waals surface area contributed by atoms with E-state index in [9.17, 15) is 13.2 Å². The van der Waals surface area contributed by atoms with Gasteiger partial charge in [-0.1, -0.05) is 11.3 Å². The Labute approximate surface area is 103 Å². The monoisotopic (exact) mass is 276 g/mol. The van der Waals surface area contributed by atoms with Crippen LogP contribution in [0.1, 0.15) is 0 Å². The van der Waals surface area contributed by atoms with Crippen LogP contribution in [-0.2, 0) is 0 Å². The van der Waals surface area contributed by atoms with E-state index in [4.69, 9.17) is 11.5 Å². The van der Waals surface area contributed by atoms with Crippen molar-refractivity contribution < 1.29 is 17.9 Å². The smallest absolute Gasteiger partial charge is 0.406 e. The summed E-state index contributed by atoms with van der Waals surface area (Å²) < 4.78 is 40.4. The quantitative estimate of drug-likeness (QED) is 0.649. The van der Waals surface area contributed by atoms with Crippen LogP contribution >= 0.6 is 11.3 Å². The molecule has 18 heavy (non-hydrogen) atoms. The van der Waals surface area contributed by atoms with E-state index in [-0.39, 0.29) is 16.8 Å². The molecule has 0 saturated heterocycles. The van der Waals surface area contributed by atoms with Gasteiger partial charge in [-0.15, -0.1) is 13.2 Å². The van der Waals surface area contributed by atoms with Crippen LogP contribution in [-0.4, -0.2) is 17.3 Å². The minimum absolute atomic E-state index is 0.166. The number of aromatic nitrogens is 1. The topological polar surface area (TPSA) is 86.5 Å². The van der Waals surface area contributed by atoms with Crippen molar-refractivity contribution in [3.63, 3.8) is 0 Å². The molecule has 0 amide bonds. The molecule has 1 aromatic heterocycles. The lowest BCUT2D eigenvalue weighted by Gasteiger charge is -2.07. The van der Waals surface area contributed by atoms with Gasteiger partial charge in [0.15, 0.2) is 5.96 Å². The van der Waals surface area contributed by atoms with Gasteiger partial charge in [0.25, 0.3) is 0 Å². The fourth-order valence-corrected chi connectivity index (χ4v) is 2.13. The van der Waals surface area contributed by atoms with Crippen LogP contribution < -0.4 is 16.2 Å². The van der Waals surface area contributed by atoms with Gasteiger partial charge in [0.2, 0.25) is 5.13 Å². The molecule has 1 heterocycles. The average Bonchev–Trinajstić information content (AvgIpc) is 2.55. The van der Waals surface area contributed by atoms with Gasteiger partial charge in [-0.2, -0.15) is 4.99 Å². The van der Waals surface area contributed by atoms with Gasteiger partial charge >= 0.3 is 6.36 Å². The molecule has 1 aromatic carbocycles. The molecular formula is C9H7F3N4OS. The minimum Gasteiger partial charge on any atom is -0.406 e. The summed E-state index contributed by atoms with van der Waals surface area (Å²) in [7, 11) is 0. The third-order valence-corrected chi connectivity index (χ3v) is 2.72. The van der Waals surface area contributed by atoms with Crippen LogP contribution in [0.5, 0.6) is 5.75 Å². The zero-order valence-electron chi connectivity index (χ0n) is 8.73. The number of guanidine groups is 1. The first-order valence-electron chi connectivity index (χ1n) is 4.59. The van der Waals surface area contributed by atoms with E-state index in [2.05, 4.69) is 14.7 Å². The van der Waals surface area contributed by atoms with Gasteiger partial charge in [-0.05, 0) is 12.1 Å². The fraction of sp³-hybridized carbons (Fsp3) is 0.111. The molecule has 96 valence electrons. The van der Waals surface area contributed by atoms with Crippen LogP contribution in [0.2, 0.25) is 0 Å². The third kappa shape index (κ3) is 3.00. The van der Waals surface area contributed by atoms with Gasteiger partial charge in [0, 0.05) is 6.07 Å². The standard InChI is InChI=1S/C9H7F3N4OS/c10-9(11,12)17-4-1-2-5-6(3-4)18-8(15-5)16-7(13)14/h1-3H,(H4,13,14,15,16). The fourth-order valence-electron chi connectivity index (χ4n) is 1.25. The lowest BCUT2D eigenvalue weighted by atomic mass is 10.3. The van der Waals surface area contributed by atoms with E-state index in [0.717, 1.165) is 11.3 Å². The van der Waals surface area contributed by atoms with E-state index < -0.39 is 6.36 Å². The number of nitrogens with two attached hydrogens (primary N) is 2. The Balaban J connectivity index is 2.37. The second-order valence-corrected chi connectivity index (χ2v) is 4.22. The summed E-state index contributed by atoms with van der Waals surface area (Å²) in [4.78, 5) is 7.74. The highest BCUT2D eigenvalue weighted by molar-refractivity contribution is 7.22. The number of fused-ring (bicyclic) bond motifs is 1. The highest BCUT2D eigenvalue weighted by Crippen LogP contribution is 2.32. The summed E-state index contributed by atoms with van der Waals surface area (Å²) in [5.41, 5.74) is 10.9. The maximum Gasteiger partial charge on any atom is 0.573 e. The van der Waals surface area contributed by atoms with E-state index in [0.29, 0.717) is 10.2 Å². The molecule has 0 saturated carbocycles. The van der Waals surface area contributed by atoms with Crippen LogP contribution in [0.3, 0.4) is 0 Å². The van der Waals surface area contributed by atoms with Crippen LogP contribution in [0, 0.1) is 0 Å². The Morgan fingerprint density at radius 3 is 2.67 bits per heavy atom. The number of hydrogen-bond acceptors (Lipinski definition) is 4. The minimum atomic E-state index is -4.72. The molecule has 0 fully saturated rings. The molecule has 2 rings (SSSR count). The Bertz CT molecular complexity index is 603. The molecule has 0 aliphatic carbocycles. The molecule has 0 aliphatic heterocycles. The summed E-state index contributed by atoms with van der Waals surface area (Å²) in [6.45, 7) is 0. The van der Waals surface area contributed by atoms with Gasteiger partial charge in [0.1, 0.15) is 5.75 Å². The lowest BCUT2D eigenvalue weighted by molar-refractivity contribution is -0.274. The predicted octanol–water partition coefficient (Wildman–Crippen LogP) is 2.10. The average molecular weight is 276 g/mol. The normalized spacial score (nSPS) is 11.5. The Morgan fingerprint density at radius 2 is 2.06 bits per heavy atom. The highest BCUT2D eigenvalue weighted by Gasteiger charge is 2.31. The molecular weight excluding hydrogens is 269 g/mol. The van der Waals surface area contributed by atoms with E-state index >= 15 is 0 Å². The highest BCUT2D eigenvalue weighted by atomic mass is 32.1. The maximum absolute atomic E-state index is 12.0. The largest absolute Gasteiger partial charge is 0.573 e. The summed E-state index contributed by atoms with van der Waals surface area (Å²) in [6, 6.07) is 3.81. The van der Waals surface area contributed by atoms with Crippen molar-refractivity contribution in [1.29, 1.82) is 0 Å².